The summed E-state index contributed by atoms with van der Waals surface area (Å²) in [6.07, 6.45) is 2.40. The summed E-state index contributed by atoms with van der Waals surface area (Å²) in [7, 11) is 0. The van der Waals surface area contributed by atoms with E-state index in [0.29, 0.717) is 12.6 Å². The van der Waals surface area contributed by atoms with E-state index in [0.717, 1.165) is 10.0 Å². The van der Waals surface area contributed by atoms with E-state index in [1.807, 2.05) is 31.2 Å². The molecular weight excluding hydrogens is 280 g/mol. The van der Waals surface area contributed by atoms with Crippen molar-refractivity contribution in [3.63, 3.8) is 0 Å². The molecule has 1 aliphatic rings. The van der Waals surface area contributed by atoms with Gasteiger partial charge in [0, 0.05) is 10.5 Å². The number of benzene rings is 1. The number of amides is 1. The normalized spacial score (nSPS) is 16.6. The highest BCUT2D eigenvalue weighted by molar-refractivity contribution is 9.10. The van der Waals surface area contributed by atoms with Gasteiger partial charge in [-0.1, -0.05) is 34.1 Å². The molecule has 0 heterocycles. The smallest absolute Gasteiger partial charge is 0.234 e. The van der Waals surface area contributed by atoms with E-state index in [1.54, 1.807) is 0 Å². The van der Waals surface area contributed by atoms with Crippen molar-refractivity contribution < 1.29 is 4.79 Å². The highest BCUT2D eigenvalue weighted by atomic mass is 79.9. The van der Waals surface area contributed by atoms with Crippen LogP contribution in [0.25, 0.3) is 0 Å². The molecule has 1 amide bonds. The molecule has 2 N–H and O–H groups in total. The molecule has 2 rings (SSSR count). The van der Waals surface area contributed by atoms with Crippen molar-refractivity contribution in [2.45, 2.75) is 31.8 Å². The fourth-order valence-corrected chi connectivity index (χ4v) is 2.35. The molecular formula is C13H17BrN2O. The van der Waals surface area contributed by atoms with Gasteiger partial charge in [0.1, 0.15) is 0 Å². The van der Waals surface area contributed by atoms with Crippen LogP contribution in [0.4, 0.5) is 0 Å². The van der Waals surface area contributed by atoms with Gasteiger partial charge in [0.25, 0.3) is 0 Å². The molecule has 1 aromatic rings. The van der Waals surface area contributed by atoms with Crippen LogP contribution in [0.1, 0.15) is 31.4 Å². The maximum Gasteiger partial charge on any atom is 0.234 e. The van der Waals surface area contributed by atoms with Crippen molar-refractivity contribution in [3.05, 3.63) is 34.3 Å². The second-order valence-corrected chi connectivity index (χ2v) is 5.32. The Kier molecular flexibility index (Phi) is 4.18. The molecule has 0 radical (unpaired) electrons. The molecule has 17 heavy (non-hydrogen) atoms. The third-order valence-corrected chi connectivity index (χ3v) is 3.60. The van der Waals surface area contributed by atoms with Crippen molar-refractivity contribution in [1.29, 1.82) is 0 Å². The van der Waals surface area contributed by atoms with Gasteiger partial charge >= 0.3 is 0 Å². The van der Waals surface area contributed by atoms with Gasteiger partial charge in [-0.15, -0.1) is 0 Å². The van der Waals surface area contributed by atoms with Crippen molar-refractivity contribution in [1.82, 2.24) is 10.6 Å². The van der Waals surface area contributed by atoms with E-state index in [1.165, 1.54) is 12.8 Å². The molecule has 0 saturated heterocycles. The van der Waals surface area contributed by atoms with Gasteiger partial charge in [0.05, 0.1) is 12.6 Å². The predicted molar refractivity (Wildman–Crippen MR) is 71.7 cm³/mol. The lowest BCUT2D eigenvalue weighted by molar-refractivity contribution is -0.120. The Balaban J connectivity index is 1.85. The molecule has 1 fully saturated rings. The van der Waals surface area contributed by atoms with Crippen molar-refractivity contribution in [2.24, 2.45) is 0 Å². The van der Waals surface area contributed by atoms with Crippen LogP contribution in [0, 0.1) is 0 Å². The molecule has 0 spiro atoms. The molecule has 0 unspecified atom stereocenters. The number of carbonyl (C=O) groups is 1. The molecule has 1 aliphatic carbocycles. The zero-order valence-corrected chi connectivity index (χ0v) is 11.5. The summed E-state index contributed by atoms with van der Waals surface area (Å²) in [4.78, 5) is 11.7. The highest BCUT2D eigenvalue weighted by Crippen LogP contribution is 2.22. The Labute approximate surface area is 110 Å². The number of halogens is 1. The number of hydrogen-bond donors (Lipinski definition) is 2. The lowest BCUT2D eigenvalue weighted by atomic mass is 10.1. The lowest BCUT2D eigenvalue weighted by Crippen LogP contribution is -2.36. The summed E-state index contributed by atoms with van der Waals surface area (Å²) in [6, 6.07) is 8.55. The average Bonchev–Trinajstić information content (AvgIpc) is 3.10. The van der Waals surface area contributed by atoms with Crippen LogP contribution in [-0.2, 0) is 4.79 Å². The van der Waals surface area contributed by atoms with Crippen molar-refractivity contribution >= 4 is 21.8 Å². The van der Waals surface area contributed by atoms with E-state index in [4.69, 9.17) is 0 Å². The van der Waals surface area contributed by atoms with Crippen molar-refractivity contribution in [3.8, 4) is 0 Å². The van der Waals surface area contributed by atoms with E-state index < -0.39 is 0 Å². The first kappa shape index (κ1) is 12.6. The minimum atomic E-state index is 0.0269. The van der Waals surface area contributed by atoms with Crippen LogP contribution in [0.15, 0.2) is 28.7 Å². The summed E-state index contributed by atoms with van der Waals surface area (Å²) in [6.45, 7) is 2.41. The number of carbonyl (C=O) groups excluding carboxylic acids is 1. The fourth-order valence-electron chi connectivity index (χ4n) is 1.72. The molecule has 3 nitrogen and oxygen atoms in total. The maximum absolute atomic E-state index is 11.7. The number of rotatable bonds is 5. The first-order valence-electron chi connectivity index (χ1n) is 5.94. The van der Waals surface area contributed by atoms with Crippen LogP contribution >= 0.6 is 15.9 Å². The topological polar surface area (TPSA) is 41.1 Å². The Morgan fingerprint density at radius 2 is 2.18 bits per heavy atom. The monoisotopic (exact) mass is 296 g/mol. The molecule has 0 aromatic heterocycles. The Morgan fingerprint density at radius 1 is 1.47 bits per heavy atom. The van der Waals surface area contributed by atoms with Crippen LogP contribution in [0.3, 0.4) is 0 Å². The quantitative estimate of drug-likeness (QED) is 0.876. The first-order valence-corrected chi connectivity index (χ1v) is 6.73. The van der Waals surface area contributed by atoms with Gasteiger partial charge in [-0.05, 0) is 31.4 Å². The second-order valence-electron chi connectivity index (χ2n) is 4.47. The summed E-state index contributed by atoms with van der Waals surface area (Å²) in [5, 5.41) is 6.19. The average molecular weight is 297 g/mol. The van der Waals surface area contributed by atoms with Gasteiger partial charge in [-0.25, -0.2) is 0 Å². The van der Waals surface area contributed by atoms with Crippen LogP contribution in [0.5, 0.6) is 0 Å². The highest BCUT2D eigenvalue weighted by Gasteiger charge is 2.21. The summed E-state index contributed by atoms with van der Waals surface area (Å²) >= 11 is 3.49. The molecule has 0 aliphatic heterocycles. The van der Waals surface area contributed by atoms with Crippen LogP contribution in [-0.4, -0.2) is 18.5 Å². The van der Waals surface area contributed by atoms with Crippen LogP contribution < -0.4 is 10.6 Å². The fraction of sp³-hybridized carbons (Fsp3) is 0.462. The SMILES string of the molecule is C[C@H](NC(=O)CNC1CC1)c1ccccc1Br. The standard InChI is InChI=1S/C13H17BrN2O/c1-9(11-4-2-3-5-12(11)14)16-13(17)8-15-10-6-7-10/h2-5,9-10,15H,6-8H2,1H3,(H,16,17)/t9-/m0/s1. The first-order chi connectivity index (χ1) is 8.16. The predicted octanol–water partition coefficient (Wildman–Crippen LogP) is 2.38. The van der Waals surface area contributed by atoms with E-state index >= 15 is 0 Å². The van der Waals surface area contributed by atoms with Crippen molar-refractivity contribution in [2.75, 3.05) is 6.54 Å². The second kappa shape index (κ2) is 5.65. The van der Waals surface area contributed by atoms with Gasteiger partial charge in [0.15, 0.2) is 0 Å². The van der Waals surface area contributed by atoms with E-state index in [-0.39, 0.29) is 11.9 Å². The molecule has 1 aromatic carbocycles. The van der Waals surface area contributed by atoms with Gasteiger partial charge in [-0.2, -0.15) is 0 Å². The van der Waals surface area contributed by atoms with Gasteiger partial charge in [0.2, 0.25) is 5.91 Å². The zero-order chi connectivity index (χ0) is 12.3. The summed E-state index contributed by atoms with van der Waals surface area (Å²) in [5.74, 6) is 0.0557. The number of hydrogen-bond acceptors (Lipinski definition) is 2. The minimum Gasteiger partial charge on any atom is -0.348 e. The largest absolute Gasteiger partial charge is 0.348 e. The van der Waals surface area contributed by atoms with E-state index in [2.05, 4.69) is 26.6 Å². The molecule has 1 atom stereocenters. The third-order valence-electron chi connectivity index (χ3n) is 2.88. The maximum atomic E-state index is 11.7. The third kappa shape index (κ3) is 3.82. The lowest BCUT2D eigenvalue weighted by Gasteiger charge is -2.16. The Bertz CT molecular complexity index is 404. The molecule has 92 valence electrons. The van der Waals surface area contributed by atoms with Gasteiger partial charge in [-0.3, -0.25) is 4.79 Å². The zero-order valence-electron chi connectivity index (χ0n) is 9.87. The summed E-state index contributed by atoms with van der Waals surface area (Å²) in [5.41, 5.74) is 1.10. The summed E-state index contributed by atoms with van der Waals surface area (Å²) < 4.78 is 1.03. The molecule has 0 bridgehead atoms. The number of nitrogens with one attached hydrogen (secondary N) is 2. The Morgan fingerprint density at radius 3 is 2.82 bits per heavy atom. The van der Waals surface area contributed by atoms with Crippen LogP contribution in [0.2, 0.25) is 0 Å². The minimum absolute atomic E-state index is 0.0269. The molecule has 1 saturated carbocycles. The Hall–Kier alpha value is -0.870. The molecule has 4 heteroatoms. The van der Waals surface area contributed by atoms with E-state index in [9.17, 15) is 4.79 Å². The van der Waals surface area contributed by atoms with Gasteiger partial charge < -0.3 is 10.6 Å².